The van der Waals surface area contributed by atoms with E-state index in [1.807, 2.05) is 11.4 Å². The normalized spacial score (nSPS) is 14.5. The Labute approximate surface area is 79.1 Å². The van der Waals surface area contributed by atoms with E-state index < -0.39 is 0 Å². The molecule has 13 heavy (non-hydrogen) atoms. The number of rotatable bonds is 1. The molecule has 0 atom stereocenters. The third kappa shape index (κ3) is 1.31. The Morgan fingerprint density at radius 1 is 1.69 bits per heavy atom. The average Bonchev–Trinajstić information content (AvgIpc) is 2.55. The second kappa shape index (κ2) is 2.85. The largest absolute Gasteiger partial charge is 0.274 e. The molecule has 0 fully saturated rings. The molecule has 0 aliphatic carbocycles. The van der Waals surface area contributed by atoms with Crippen LogP contribution in [0.4, 0.5) is 5.69 Å². The maximum Gasteiger partial charge on any atom is 0.251 e. The molecular weight excluding hydrogens is 188 g/mol. The van der Waals surface area contributed by atoms with Gasteiger partial charge >= 0.3 is 0 Å². The van der Waals surface area contributed by atoms with Gasteiger partial charge in [-0.15, -0.1) is 11.3 Å². The molecule has 0 bridgehead atoms. The maximum absolute atomic E-state index is 11.3. The van der Waals surface area contributed by atoms with E-state index in [9.17, 15) is 9.59 Å². The Hall–Kier alpha value is -1.36. The average molecular weight is 196 g/mol. The van der Waals surface area contributed by atoms with Crippen molar-refractivity contribution in [1.29, 1.82) is 0 Å². The van der Waals surface area contributed by atoms with Crippen molar-refractivity contribution < 1.29 is 9.59 Å². The minimum absolute atomic E-state index is 0.0722. The lowest BCUT2D eigenvalue weighted by molar-refractivity contribution is -0.124. The quantitative estimate of drug-likeness (QED) is 0.718. The number of hydrogen-bond donors (Lipinski definition) is 1. The SMILES string of the molecule is CC(=O)NN1C(=O)Cc2sccc21. The number of hydrazine groups is 1. The molecular formula is C8H8N2O2S. The fourth-order valence-electron chi connectivity index (χ4n) is 1.30. The minimum atomic E-state index is -0.229. The Kier molecular flexibility index (Phi) is 1.81. The zero-order valence-corrected chi connectivity index (χ0v) is 7.85. The molecule has 0 saturated carbocycles. The summed E-state index contributed by atoms with van der Waals surface area (Å²) in [6.07, 6.45) is 0.396. The first-order chi connectivity index (χ1) is 6.18. The summed E-state index contributed by atoms with van der Waals surface area (Å²) in [5.74, 6) is -0.301. The van der Waals surface area contributed by atoms with Crippen molar-refractivity contribution in [3.63, 3.8) is 0 Å². The topological polar surface area (TPSA) is 49.4 Å². The van der Waals surface area contributed by atoms with Crippen LogP contribution in [-0.2, 0) is 16.0 Å². The van der Waals surface area contributed by atoms with Crippen molar-refractivity contribution in [2.24, 2.45) is 0 Å². The lowest BCUT2D eigenvalue weighted by Gasteiger charge is -2.15. The predicted molar refractivity (Wildman–Crippen MR) is 49.3 cm³/mol. The van der Waals surface area contributed by atoms with Gasteiger partial charge in [-0.3, -0.25) is 15.0 Å². The zero-order chi connectivity index (χ0) is 9.42. The minimum Gasteiger partial charge on any atom is -0.274 e. The van der Waals surface area contributed by atoms with E-state index in [0.29, 0.717) is 6.42 Å². The first kappa shape index (κ1) is 8.25. The maximum atomic E-state index is 11.3. The summed E-state index contributed by atoms with van der Waals surface area (Å²) >= 11 is 1.53. The molecule has 0 aromatic carbocycles. The van der Waals surface area contributed by atoms with Crippen LogP contribution in [0.1, 0.15) is 11.8 Å². The highest BCUT2D eigenvalue weighted by molar-refractivity contribution is 7.10. The predicted octanol–water partition coefficient (Wildman–Crippen LogP) is 0.688. The summed E-state index contributed by atoms with van der Waals surface area (Å²) in [7, 11) is 0. The van der Waals surface area contributed by atoms with Crippen molar-refractivity contribution in [3.05, 3.63) is 16.3 Å². The van der Waals surface area contributed by atoms with Crippen LogP contribution in [0, 0.1) is 0 Å². The Bertz CT molecular complexity index is 372. The summed E-state index contributed by atoms with van der Waals surface area (Å²) in [4.78, 5) is 23.1. The molecule has 68 valence electrons. The van der Waals surface area contributed by atoms with Gasteiger partial charge in [0.25, 0.3) is 5.91 Å². The molecule has 0 saturated heterocycles. The van der Waals surface area contributed by atoms with Gasteiger partial charge in [0, 0.05) is 11.8 Å². The fourth-order valence-corrected chi connectivity index (χ4v) is 2.14. The van der Waals surface area contributed by atoms with Crippen LogP contribution in [0.25, 0.3) is 0 Å². The van der Waals surface area contributed by atoms with Crippen LogP contribution >= 0.6 is 11.3 Å². The monoisotopic (exact) mass is 196 g/mol. The lowest BCUT2D eigenvalue weighted by Crippen LogP contribution is -2.43. The van der Waals surface area contributed by atoms with Crippen molar-refractivity contribution in [3.8, 4) is 0 Å². The third-order valence-electron chi connectivity index (χ3n) is 1.79. The molecule has 2 rings (SSSR count). The van der Waals surface area contributed by atoms with Gasteiger partial charge in [0.1, 0.15) is 0 Å². The standard InChI is InChI=1S/C8H8N2O2S/c1-5(11)9-10-6-2-3-13-7(6)4-8(10)12/h2-3H,4H2,1H3,(H,9,11). The summed E-state index contributed by atoms with van der Waals surface area (Å²) in [6.45, 7) is 1.39. The molecule has 0 unspecified atom stereocenters. The van der Waals surface area contributed by atoms with Gasteiger partial charge in [-0.25, -0.2) is 5.01 Å². The number of anilines is 1. The molecule has 2 amide bonds. The zero-order valence-electron chi connectivity index (χ0n) is 7.03. The number of nitrogens with zero attached hydrogens (tertiary/aromatic N) is 1. The van der Waals surface area contributed by atoms with Crippen molar-refractivity contribution >= 4 is 28.8 Å². The molecule has 1 aliphatic rings. The van der Waals surface area contributed by atoms with Crippen molar-refractivity contribution in [2.75, 3.05) is 5.01 Å². The summed E-state index contributed by atoms with van der Waals surface area (Å²) in [6, 6.07) is 1.83. The highest BCUT2D eigenvalue weighted by Crippen LogP contribution is 2.31. The lowest BCUT2D eigenvalue weighted by atomic mass is 10.4. The summed E-state index contributed by atoms with van der Waals surface area (Å²) in [5, 5.41) is 3.22. The highest BCUT2D eigenvalue weighted by Gasteiger charge is 2.28. The number of hydrogen-bond acceptors (Lipinski definition) is 3. The van der Waals surface area contributed by atoms with Crippen LogP contribution in [-0.4, -0.2) is 11.8 Å². The van der Waals surface area contributed by atoms with Gasteiger partial charge in [-0.1, -0.05) is 0 Å². The van der Waals surface area contributed by atoms with Gasteiger partial charge in [0.15, 0.2) is 0 Å². The Morgan fingerprint density at radius 3 is 3.15 bits per heavy atom. The first-order valence-electron chi connectivity index (χ1n) is 3.85. The number of fused-ring (bicyclic) bond motifs is 1. The van der Waals surface area contributed by atoms with E-state index in [1.54, 1.807) is 0 Å². The summed E-state index contributed by atoms with van der Waals surface area (Å²) < 4.78 is 0. The molecule has 1 aromatic heterocycles. The van der Waals surface area contributed by atoms with Gasteiger partial charge in [0.2, 0.25) is 5.91 Å². The molecule has 2 heterocycles. The van der Waals surface area contributed by atoms with E-state index in [0.717, 1.165) is 10.6 Å². The molecule has 1 aromatic rings. The molecule has 1 aliphatic heterocycles. The second-order valence-corrected chi connectivity index (χ2v) is 3.80. The van der Waals surface area contributed by atoms with Crippen molar-refractivity contribution in [1.82, 2.24) is 5.43 Å². The Morgan fingerprint density at radius 2 is 2.46 bits per heavy atom. The summed E-state index contributed by atoms with van der Waals surface area (Å²) in [5.41, 5.74) is 3.30. The number of amides is 2. The van der Waals surface area contributed by atoms with Gasteiger partial charge < -0.3 is 0 Å². The van der Waals surface area contributed by atoms with E-state index in [4.69, 9.17) is 0 Å². The number of nitrogens with one attached hydrogen (secondary N) is 1. The van der Waals surface area contributed by atoms with E-state index >= 15 is 0 Å². The highest BCUT2D eigenvalue weighted by atomic mass is 32.1. The van der Waals surface area contributed by atoms with Gasteiger partial charge in [0.05, 0.1) is 12.1 Å². The first-order valence-corrected chi connectivity index (χ1v) is 4.73. The molecule has 0 spiro atoms. The van der Waals surface area contributed by atoms with Crippen molar-refractivity contribution in [2.45, 2.75) is 13.3 Å². The number of carbonyl (C=O) groups is 2. The van der Waals surface area contributed by atoms with Crippen LogP contribution in [0.2, 0.25) is 0 Å². The molecule has 1 N–H and O–H groups in total. The van der Waals surface area contributed by atoms with Gasteiger partial charge in [-0.2, -0.15) is 0 Å². The number of thiophene rings is 1. The van der Waals surface area contributed by atoms with Crippen LogP contribution in [0.5, 0.6) is 0 Å². The Balaban J connectivity index is 2.29. The van der Waals surface area contributed by atoms with Crippen LogP contribution < -0.4 is 10.4 Å². The van der Waals surface area contributed by atoms with Crippen LogP contribution in [0.15, 0.2) is 11.4 Å². The molecule has 0 radical (unpaired) electrons. The van der Waals surface area contributed by atoms with Gasteiger partial charge in [-0.05, 0) is 11.4 Å². The molecule has 5 heteroatoms. The van der Waals surface area contributed by atoms with E-state index in [-0.39, 0.29) is 11.8 Å². The smallest absolute Gasteiger partial charge is 0.251 e. The van der Waals surface area contributed by atoms with E-state index in [2.05, 4.69) is 5.43 Å². The molecule has 4 nitrogen and oxygen atoms in total. The van der Waals surface area contributed by atoms with Crippen LogP contribution in [0.3, 0.4) is 0 Å². The second-order valence-electron chi connectivity index (χ2n) is 2.80. The fraction of sp³-hybridized carbons (Fsp3) is 0.250. The van der Waals surface area contributed by atoms with E-state index in [1.165, 1.54) is 23.3 Å². The number of carbonyl (C=O) groups excluding carboxylic acids is 2. The third-order valence-corrected chi connectivity index (χ3v) is 2.70.